The molecular formula is C44H50FN3O3. The highest BCUT2D eigenvalue weighted by atomic mass is 19.1. The lowest BCUT2D eigenvalue weighted by Crippen LogP contribution is -2.49. The lowest BCUT2D eigenvalue weighted by molar-refractivity contribution is 0.0988. The summed E-state index contributed by atoms with van der Waals surface area (Å²) in [5.74, 6) is 2.20. The first-order valence-electron chi connectivity index (χ1n) is 18.5. The molecule has 4 aromatic carbocycles. The number of benzene rings is 4. The molecule has 2 fully saturated rings. The minimum atomic E-state index is -0.155. The molecular weight excluding hydrogens is 638 g/mol. The molecule has 3 aliphatic rings. The van der Waals surface area contributed by atoms with Crippen molar-refractivity contribution in [1.82, 2.24) is 4.90 Å². The third kappa shape index (κ3) is 7.41. The molecule has 2 unspecified atom stereocenters. The van der Waals surface area contributed by atoms with Crippen molar-refractivity contribution in [2.45, 2.75) is 44.9 Å². The number of hydrogen-bond acceptors (Lipinski definition) is 6. The van der Waals surface area contributed by atoms with E-state index in [0.29, 0.717) is 24.6 Å². The minimum absolute atomic E-state index is 0.0328. The van der Waals surface area contributed by atoms with Gasteiger partial charge in [-0.3, -0.25) is 9.69 Å². The Morgan fingerprint density at radius 2 is 1.63 bits per heavy atom. The Bertz CT molecular complexity index is 1860. The summed E-state index contributed by atoms with van der Waals surface area (Å²) in [6, 6.07) is 28.5. The highest BCUT2D eigenvalue weighted by Gasteiger charge is 2.35. The van der Waals surface area contributed by atoms with E-state index in [1.165, 1.54) is 11.3 Å². The SMILES string of the molecule is C=C(C)c1cc(N2CCN(CC3CCN(c4ccc(C5c6ccc(OC)cc6OCC5c5ccccc5)cc4F)CC3)CC2)ccc1C(=O)CC. The number of Topliss-reactive ketones (excluding diaryl/α,β-unsaturated/α-hetero) is 1. The number of piperazine rings is 1. The molecule has 3 aliphatic heterocycles. The molecule has 7 heteroatoms. The molecule has 51 heavy (non-hydrogen) atoms. The number of halogens is 1. The van der Waals surface area contributed by atoms with Crippen LogP contribution in [0.5, 0.6) is 11.5 Å². The minimum Gasteiger partial charge on any atom is -0.497 e. The van der Waals surface area contributed by atoms with E-state index in [9.17, 15) is 4.79 Å². The largest absolute Gasteiger partial charge is 0.497 e. The zero-order chi connectivity index (χ0) is 35.5. The van der Waals surface area contributed by atoms with E-state index in [-0.39, 0.29) is 23.4 Å². The molecule has 0 N–H and O–H groups in total. The number of anilines is 2. The van der Waals surface area contributed by atoms with Crippen LogP contribution < -0.4 is 19.3 Å². The van der Waals surface area contributed by atoms with Gasteiger partial charge in [0, 0.05) is 87.0 Å². The van der Waals surface area contributed by atoms with E-state index in [1.54, 1.807) is 13.2 Å². The first-order chi connectivity index (χ1) is 24.8. The fourth-order valence-electron chi connectivity index (χ4n) is 8.32. The third-order valence-corrected chi connectivity index (χ3v) is 11.2. The van der Waals surface area contributed by atoms with Crippen molar-refractivity contribution in [2.24, 2.45) is 5.92 Å². The Labute approximate surface area is 302 Å². The lowest BCUT2D eigenvalue weighted by Gasteiger charge is -2.40. The number of methoxy groups -OCH3 is 1. The Kier molecular flexibility index (Phi) is 10.5. The third-order valence-electron chi connectivity index (χ3n) is 11.2. The van der Waals surface area contributed by atoms with Gasteiger partial charge >= 0.3 is 0 Å². The Hall–Kier alpha value is -4.62. The van der Waals surface area contributed by atoms with Crippen LogP contribution in [0.1, 0.15) is 77.6 Å². The zero-order valence-electron chi connectivity index (χ0n) is 30.2. The topological polar surface area (TPSA) is 45.2 Å². The molecule has 266 valence electrons. The molecule has 4 aromatic rings. The van der Waals surface area contributed by atoms with E-state index in [2.05, 4.69) is 69.8 Å². The fraction of sp³-hybridized carbons (Fsp3) is 0.386. The number of piperidine rings is 1. The molecule has 7 rings (SSSR count). The Balaban J connectivity index is 0.974. The molecule has 6 nitrogen and oxygen atoms in total. The first kappa shape index (κ1) is 34.8. The molecule has 0 saturated carbocycles. The van der Waals surface area contributed by atoms with Crippen LogP contribution in [0.4, 0.5) is 15.8 Å². The van der Waals surface area contributed by atoms with Gasteiger partial charge in [-0.25, -0.2) is 4.39 Å². The van der Waals surface area contributed by atoms with Crippen molar-refractivity contribution >= 4 is 22.7 Å². The predicted molar refractivity (Wildman–Crippen MR) is 205 cm³/mol. The van der Waals surface area contributed by atoms with Crippen LogP contribution in [-0.4, -0.2) is 70.2 Å². The van der Waals surface area contributed by atoms with Gasteiger partial charge in [0.1, 0.15) is 17.3 Å². The summed E-state index contributed by atoms with van der Waals surface area (Å²) in [6.45, 7) is 15.3. The number of ketones is 1. The quantitative estimate of drug-likeness (QED) is 0.155. The number of ether oxygens (including phenoxy) is 2. The van der Waals surface area contributed by atoms with Crippen LogP contribution in [0.3, 0.4) is 0 Å². The number of hydrogen-bond donors (Lipinski definition) is 0. The maximum Gasteiger partial charge on any atom is 0.163 e. The molecule has 2 saturated heterocycles. The van der Waals surface area contributed by atoms with Gasteiger partial charge in [0.15, 0.2) is 5.78 Å². The van der Waals surface area contributed by atoms with E-state index >= 15 is 4.39 Å². The number of carbonyl (C=O) groups excluding carboxylic acids is 1. The Morgan fingerprint density at radius 1 is 0.863 bits per heavy atom. The van der Waals surface area contributed by atoms with E-state index in [0.717, 1.165) is 98.0 Å². The highest BCUT2D eigenvalue weighted by Crippen LogP contribution is 2.47. The monoisotopic (exact) mass is 687 g/mol. The van der Waals surface area contributed by atoms with Crippen LogP contribution in [0.15, 0.2) is 91.5 Å². The van der Waals surface area contributed by atoms with Crippen molar-refractivity contribution < 1.29 is 18.7 Å². The van der Waals surface area contributed by atoms with Gasteiger partial charge in [-0.05, 0) is 78.8 Å². The summed E-state index contributed by atoms with van der Waals surface area (Å²) < 4.78 is 27.8. The summed E-state index contributed by atoms with van der Waals surface area (Å²) in [5.41, 5.74) is 7.75. The van der Waals surface area contributed by atoms with E-state index in [1.807, 2.05) is 44.2 Å². The highest BCUT2D eigenvalue weighted by molar-refractivity contribution is 6.00. The molecule has 0 amide bonds. The maximum absolute atomic E-state index is 16.1. The van der Waals surface area contributed by atoms with Gasteiger partial charge in [0.2, 0.25) is 0 Å². The van der Waals surface area contributed by atoms with Gasteiger partial charge in [0.05, 0.1) is 19.4 Å². The molecule has 0 aromatic heterocycles. The summed E-state index contributed by atoms with van der Waals surface area (Å²) in [6.07, 6.45) is 2.61. The molecule has 0 aliphatic carbocycles. The van der Waals surface area contributed by atoms with Gasteiger partial charge in [-0.2, -0.15) is 0 Å². The number of fused-ring (bicyclic) bond motifs is 1. The molecule has 0 bridgehead atoms. The van der Waals surface area contributed by atoms with E-state index < -0.39 is 0 Å². The van der Waals surface area contributed by atoms with Gasteiger partial charge in [-0.1, -0.05) is 61.5 Å². The zero-order valence-corrected chi connectivity index (χ0v) is 30.2. The van der Waals surface area contributed by atoms with Gasteiger partial charge < -0.3 is 19.3 Å². The van der Waals surface area contributed by atoms with Crippen molar-refractivity contribution in [3.8, 4) is 11.5 Å². The molecule has 2 atom stereocenters. The van der Waals surface area contributed by atoms with E-state index in [4.69, 9.17) is 9.47 Å². The number of rotatable bonds is 10. The second kappa shape index (κ2) is 15.3. The molecule has 3 heterocycles. The maximum atomic E-state index is 16.1. The van der Waals surface area contributed by atoms with Crippen molar-refractivity contribution in [3.05, 3.63) is 125 Å². The van der Waals surface area contributed by atoms with Crippen molar-refractivity contribution in [3.63, 3.8) is 0 Å². The smallest absolute Gasteiger partial charge is 0.163 e. The summed E-state index contributed by atoms with van der Waals surface area (Å²) in [4.78, 5) is 19.7. The second-order valence-corrected chi connectivity index (χ2v) is 14.4. The normalized spacial score (nSPS) is 19.7. The average Bonchev–Trinajstić information content (AvgIpc) is 3.17. The summed E-state index contributed by atoms with van der Waals surface area (Å²) in [5, 5.41) is 0. The van der Waals surface area contributed by atoms with Crippen LogP contribution in [0, 0.1) is 11.7 Å². The van der Waals surface area contributed by atoms with Crippen LogP contribution in [0.2, 0.25) is 0 Å². The predicted octanol–water partition coefficient (Wildman–Crippen LogP) is 8.81. The fourth-order valence-corrected chi connectivity index (χ4v) is 8.32. The number of carbonyl (C=O) groups is 1. The molecule has 0 spiro atoms. The summed E-state index contributed by atoms with van der Waals surface area (Å²) in [7, 11) is 1.66. The van der Waals surface area contributed by atoms with Crippen molar-refractivity contribution in [2.75, 3.05) is 69.3 Å². The average molecular weight is 688 g/mol. The first-order valence-corrected chi connectivity index (χ1v) is 18.5. The van der Waals surface area contributed by atoms with Crippen molar-refractivity contribution in [1.29, 1.82) is 0 Å². The number of allylic oxidation sites excluding steroid dienone is 1. The standard InChI is InChI=1S/C44H50FN3O3/c1-5-42(49)36-14-12-34(26-38(36)30(2)3)47-23-21-46(22-24-47)28-31-17-19-48(20-18-31)41-16-11-33(25-40(41)45)44-37-15-13-35(50-4)27-43(37)51-29-39(44)32-9-7-6-8-10-32/h6-16,25-27,31,39,44H,2,5,17-24,28-29H2,1,3-4H3. The van der Waals surface area contributed by atoms with Crippen LogP contribution in [-0.2, 0) is 0 Å². The Morgan fingerprint density at radius 3 is 2.31 bits per heavy atom. The van der Waals surface area contributed by atoms with Crippen LogP contribution >= 0.6 is 0 Å². The van der Waals surface area contributed by atoms with Crippen LogP contribution in [0.25, 0.3) is 5.57 Å². The van der Waals surface area contributed by atoms with Gasteiger partial charge in [-0.15, -0.1) is 0 Å². The summed E-state index contributed by atoms with van der Waals surface area (Å²) >= 11 is 0. The van der Waals surface area contributed by atoms with Gasteiger partial charge in [0.25, 0.3) is 0 Å². The number of nitrogens with zero attached hydrogens (tertiary/aromatic N) is 3. The second-order valence-electron chi connectivity index (χ2n) is 14.4. The lowest BCUT2D eigenvalue weighted by atomic mass is 9.76. The molecule has 0 radical (unpaired) electrons.